The summed E-state index contributed by atoms with van der Waals surface area (Å²) in [5, 5.41) is 9.55. The number of aryl methyl sites for hydroxylation is 1. The molecule has 0 spiro atoms. The van der Waals surface area contributed by atoms with Crippen LogP contribution in [0.1, 0.15) is 22.3 Å². The molecule has 24 heavy (non-hydrogen) atoms. The van der Waals surface area contributed by atoms with Crippen LogP contribution < -0.4 is 5.73 Å². The summed E-state index contributed by atoms with van der Waals surface area (Å²) < 4.78 is 0. The number of carbonyl (C=O) groups excluding carboxylic acids is 1. The third-order valence-corrected chi connectivity index (χ3v) is 4.71. The molecule has 0 saturated carbocycles. The van der Waals surface area contributed by atoms with Crippen molar-refractivity contribution >= 4 is 23.5 Å². The third kappa shape index (κ3) is 3.52. The lowest BCUT2D eigenvalue weighted by atomic mass is 9.84. The monoisotopic (exact) mass is 343 g/mol. The van der Waals surface area contributed by atoms with Crippen LogP contribution in [0.3, 0.4) is 0 Å². The van der Waals surface area contributed by atoms with E-state index in [2.05, 4.69) is 0 Å². The molecule has 0 unspecified atom stereocenters. The van der Waals surface area contributed by atoms with Crippen molar-refractivity contribution < 1.29 is 14.7 Å². The first-order chi connectivity index (χ1) is 11.4. The molecule has 0 aromatic heterocycles. The van der Waals surface area contributed by atoms with Crippen LogP contribution in [0.15, 0.2) is 48.5 Å². The second kappa shape index (κ2) is 7.64. The number of benzene rings is 2. The Balaban J connectivity index is 2.54. The average Bonchev–Trinajstić information content (AvgIpc) is 2.59. The van der Waals surface area contributed by atoms with Gasteiger partial charge in [-0.05, 0) is 42.0 Å². The predicted octanol–water partition coefficient (Wildman–Crippen LogP) is 3.38. The molecule has 3 N–H and O–H groups in total. The van der Waals surface area contributed by atoms with Crippen LogP contribution in [0.5, 0.6) is 0 Å². The van der Waals surface area contributed by atoms with Crippen LogP contribution in [0.4, 0.5) is 0 Å². The molecule has 0 aliphatic heterocycles. The molecule has 2 rings (SSSR count). The number of carboxylic acid groups (broad SMARTS) is 1. The number of Topliss-reactive ketones (excluding diaryl/α,β-unsaturated/α-hetero) is 1. The average molecular weight is 343 g/mol. The molecule has 0 saturated heterocycles. The van der Waals surface area contributed by atoms with Crippen molar-refractivity contribution in [3.8, 4) is 11.1 Å². The summed E-state index contributed by atoms with van der Waals surface area (Å²) in [5.74, 6) is -1.34. The number of hydrogen-bond acceptors (Lipinski definition) is 4. The van der Waals surface area contributed by atoms with E-state index in [1.165, 1.54) is 11.8 Å². The summed E-state index contributed by atoms with van der Waals surface area (Å²) in [7, 11) is 0. The lowest BCUT2D eigenvalue weighted by molar-refractivity contribution is -0.141. The van der Waals surface area contributed by atoms with Gasteiger partial charge in [0.1, 0.15) is 0 Å². The lowest BCUT2D eigenvalue weighted by Gasteiger charge is -2.24. The molecular weight excluding hydrogens is 322 g/mol. The van der Waals surface area contributed by atoms with Gasteiger partial charge in [-0.2, -0.15) is 11.8 Å². The highest BCUT2D eigenvalue weighted by molar-refractivity contribution is 7.98. The van der Waals surface area contributed by atoms with Crippen molar-refractivity contribution in [2.75, 3.05) is 12.0 Å². The Bertz CT molecular complexity index is 760. The number of carboxylic acids is 1. The van der Waals surface area contributed by atoms with Gasteiger partial charge in [-0.25, -0.2) is 4.79 Å². The summed E-state index contributed by atoms with van der Waals surface area (Å²) in [4.78, 5) is 24.7. The molecule has 0 heterocycles. The third-order valence-electron chi connectivity index (χ3n) is 4.09. The van der Waals surface area contributed by atoms with E-state index >= 15 is 0 Å². The van der Waals surface area contributed by atoms with E-state index in [0.29, 0.717) is 16.9 Å². The van der Waals surface area contributed by atoms with Crippen LogP contribution >= 0.6 is 11.8 Å². The van der Waals surface area contributed by atoms with E-state index in [1.807, 2.05) is 49.6 Å². The fraction of sp³-hybridized carbons (Fsp3) is 0.263. The molecule has 4 nitrogen and oxygen atoms in total. The Morgan fingerprint density at radius 1 is 1.08 bits per heavy atom. The molecule has 2 aromatic carbocycles. The zero-order chi connectivity index (χ0) is 17.7. The standard InChI is InChI=1S/C19H21NO3S/c1-13-7-3-4-8-14(13)15-9-5-6-10-16(15)17(21)19(20,18(22)23)11-12-24-2/h3-10H,11-12,20H2,1-2H3,(H,22,23)/t19-/m1/s1. The van der Waals surface area contributed by atoms with Crippen LogP contribution in [-0.2, 0) is 4.79 Å². The second-order valence-corrected chi connectivity index (χ2v) is 6.69. The summed E-state index contributed by atoms with van der Waals surface area (Å²) in [6.07, 6.45) is 1.94. The minimum absolute atomic E-state index is 0.0877. The SMILES string of the molecule is CSCC[C@](N)(C(=O)O)C(=O)c1ccccc1-c1ccccc1C. The smallest absolute Gasteiger partial charge is 0.331 e. The zero-order valence-corrected chi connectivity index (χ0v) is 14.6. The fourth-order valence-electron chi connectivity index (χ4n) is 2.61. The van der Waals surface area contributed by atoms with E-state index in [1.54, 1.807) is 12.1 Å². The first-order valence-corrected chi connectivity index (χ1v) is 9.02. The van der Waals surface area contributed by atoms with E-state index in [4.69, 9.17) is 5.73 Å². The first-order valence-electron chi connectivity index (χ1n) is 7.63. The molecule has 0 radical (unpaired) electrons. The number of rotatable bonds is 7. The molecule has 0 amide bonds. The van der Waals surface area contributed by atoms with Crippen LogP contribution in [-0.4, -0.2) is 34.4 Å². The quantitative estimate of drug-likeness (QED) is 0.595. The summed E-state index contributed by atoms with van der Waals surface area (Å²) in [6.45, 7) is 1.96. The van der Waals surface area contributed by atoms with Crippen LogP contribution in [0.25, 0.3) is 11.1 Å². The molecule has 5 heteroatoms. The van der Waals surface area contributed by atoms with Gasteiger partial charge in [0, 0.05) is 5.56 Å². The van der Waals surface area contributed by atoms with Crippen molar-refractivity contribution in [1.29, 1.82) is 0 Å². The van der Waals surface area contributed by atoms with Gasteiger partial charge in [-0.3, -0.25) is 4.79 Å². The Morgan fingerprint density at radius 3 is 2.25 bits per heavy atom. The highest BCUT2D eigenvalue weighted by atomic mass is 32.2. The van der Waals surface area contributed by atoms with Gasteiger partial charge in [-0.1, -0.05) is 48.5 Å². The van der Waals surface area contributed by atoms with Crippen molar-refractivity contribution in [1.82, 2.24) is 0 Å². The number of thioether (sulfide) groups is 1. The molecule has 0 bridgehead atoms. The fourth-order valence-corrected chi connectivity index (χ4v) is 3.14. The molecule has 0 aliphatic rings. The summed E-state index contributed by atoms with van der Waals surface area (Å²) >= 11 is 1.47. The minimum Gasteiger partial charge on any atom is -0.480 e. The van der Waals surface area contributed by atoms with Crippen molar-refractivity contribution in [2.24, 2.45) is 5.73 Å². The van der Waals surface area contributed by atoms with Crippen molar-refractivity contribution in [3.05, 3.63) is 59.7 Å². The van der Waals surface area contributed by atoms with Gasteiger partial charge in [-0.15, -0.1) is 0 Å². The Kier molecular flexibility index (Phi) is 5.80. The number of carbonyl (C=O) groups is 2. The minimum atomic E-state index is -1.91. The molecule has 1 atom stereocenters. The van der Waals surface area contributed by atoms with Gasteiger partial charge in [0.2, 0.25) is 0 Å². The summed E-state index contributed by atoms with van der Waals surface area (Å²) in [6, 6.07) is 14.7. The van der Waals surface area contributed by atoms with E-state index in [0.717, 1.165) is 11.1 Å². The zero-order valence-electron chi connectivity index (χ0n) is 13.8. The first kappa shape index (κ1) is 18.2. The van der Waals surface area contributed by atoms with Gasteiger partial charge < -0.3 is 10.8 Å². The molecule has 0 aliphatic carbocycles. The maximum absolute atomic E-state index is 13.0. The number of ketones is 1. The van der Waals surface area contributed by atoms with E-state index < -0.39 is 17.3 Å². The van der Waals surface area contributed by atoms with E-state index in [9.17, 15) is 14.7 Å². The number of hydrogen-bond donors (Lipinski definition) is 2. The maximum atomic E-state index is 13.0. The van der Waals surface area contributed by atoms with Gasteiger partial charge >= 0.3 is 5.97 Å². The predicted molar refractivity (Wildman–Crippen MR) is 98.5 cm³/mol. The molecule has 126 valence electrons. The van der Waals surface area contributed by atoms with E-state index in [-0.39, 0.29) is 6.42 Å². The van der Waals surface area contributed by atoms with Gasteiger partial charge in [0.25, 0.3) is 0 Å². The number of nitrogens with two attached hydrogens (primary N) is 1. The Hall–Kier alpha value is -2.11. The molecular formula is C19H21NO3S. The summed E-state index contributed by atoms with van der Waals surface area (Å²) in [5.41, 5.74) is 7.08. The van der Waals surface area contributed by atoms with Crippen molar-refractivity contribution in [2.45, 2.75) is 18.9 Å². The lowest BCUT2D eigenvalue weighted by Crippen LogP contribution is -2.55. The van der Waals surface area contributed by atoms with Gasteiger partial charge in [0.05, 0.1) is 0 Å². The Labute approximate surface area is 146 Å². The highest BCUT2D eigenvalue weighted by Gasteiger charge is 2.42. The van der Waals surface area contributed by atoms with Crippen molar-refractivity contribution in [3.63, 3.8) is 0 Å². The van der Waals surface area contributed by atoms with Crippen LogP contribution in [0.2, 0.25) is 0 Å². The molecule has 2 aromatic rings. The Morgan fingerprint density at radius 2 is 1.67 bits per heavy atom. The highest BCUT2D eigenvalue weighted by Crippen LogP contribution is 2.30. The van der Waals surface area contributed by atoms with Gasteiger partial charge in [0.15, 0.2) is 11.3 Å². The maximum Gasteiger partial charge on any atom is 0.331 e. The topological polar surface area (TPSA) is 80.4 Å². The molecule has 0 fully saturated rings. The normalized spacial score (nSPS) is 13.3. The number of aliphatic carboxylic acids is 1. The van der Waals surface area contributed by atoms with Crippen LogP contribution in [0, 0.1) is 6.92 Å². The second-order valence-electron chi connectivity index (χ2n) is 5.71. The largest absolute Gasteiger partial charge is 0.480 e.